The molecule has 2 rings (SSSR count). The molecule has 1 aliphatic heterocycles. The molecular weight excluding hydrogens is 707 g/mol. The smallest absolute Gasteiger partial charge is 0.317 e. The summed E-state index contributed by atoms with van der Waals surface area (Å²) in [5.41, 5.74) is 6.13. The number of hydrogen-bond donors (Lipinski definition) is 7. The Morgan fingerprint density at radius 3 is 1.76 bits per heavy atom. The topological polar surface area (TPSA) is 246 Å². The van der Waals surface area contributed by atoms with Gasteiger partial charge in [0.05, 0.1) is 78.1 Å². The minimum absolute atomic E-state index is 0.00815. The van der Waals surface area contributed by atoms with Gasteiger partial charge < -0.3 is 65.0 Å². The first kappa shape index (κ1) is 45.3. The number of nitrogens with two attached hydrogens (primary N) is 1. The Hall–Kier alpha value is -3.70. The first-order valence-electron chi connectivity index (χ1n) is 15.5. The van der Waals surface area contributed by atoms with Crippen LogP contribution >= 0.6 is 0 Å². The molecular formula is C30H43F5N2O14. The molecule has 0 radical (unpaired) electrons. The SMILES string of the molecule is N/C(=C\NCCOCCOCCOCCOCCC(=O)Oc1c(F)c(F)c(F)c(F)c1F)CCO.O=C(O)C(CC1CC(O)C(O)CO1)C(=O)O. The number of hydrogen-bond acceptors (Lipinski definition) is 14. The monoisotopic (exact) mass is 750 g/mol. The number of aliphatic carboxylic acids is 2. The number of aliphatic hydroxyl groups is 3. The molecule has 0 aliphatic carbocycles. The Morgan fingerprint density at radius 1 is 0.784 bits per heavy atom. The van der Waals surface area contributed by atoms with Crippen molar-refractivity contribution in [1.29, 1.82) is 0 Å². The standard InChI is InChI=1S/C21H29F5N2O7.C9H14O7/c22-16-17(23)19(25)21(20(26)18(16)24)35-15(30)2-5-31-7-9-33-11-12-34-10-8-32-6-3-28-13-14(27)1-4-29;10-6-2-4(16-3-7(6)11)1-5(8(12)13)9(14)15/h13,28-29H,1-12,27H2;4-7,10-11H,1-3H2,(H,12,13)(H,14,15)/b14-13-;. The van der Waals surface area contributed by atoms with Crippen molar-refractivity contribution in [3.63, 3.8) is 0 Å². The zero-order valence-electron chi connectivity index (χ0n) is 27.4. The van der Waals surface area contributed by atoms with Crippen molar-refractivity contribution in [2.45, 2.75) is 44.0 Å². The molecule has 1 heterocycles. The van der Waals surface area contributed by atoms with Gasteiger partial charge in [-0.05, 0) is 6.42 Å². The highest BCUT2D eigenvalue weighted by atomic mass is 19.2. The lowest BCUT2D eigenvalue weighted by molar-refractivity contribution is -0.161. The van der Waals surface area contributed by atoms with E-state index in [1.807, 2.05) is 0 Å². The Balaban J connectivity index is 0.000000674. The van der Waals surface area contributed by atoms with E-state index in [9.17, 15) is 41.4 Å². The van der Waals surface area contributed by atoms with Crippen LogP contribution in [0.25, 0.3) is 0 Å². The number of esters is 1. The summed E-state index contributed by atoms with van der Waals surface area (Å²) in [6.07, 6.45) is -1.29. The molecule has 21 heteroatoms. The molecule has 0 amide bonds. The summed E-state index contributed by atoms with van der Waals surface area (Å²) < 4.78 is 96.2. The fourth-order valence-corrected chi connectivity index (χ4v) is 3.87. The summed E-state index contributed by atoms with van der Waals surface area (Å²) in [5.74, 6) is -18.5. The van der Waals surface area contributed by atoms with Gasteiger partial charge in [0.15, 0.2) is 5.92 Å². The number of aliphatic hydroxyl groups excluding tert-OH is 3. The lowest BCUT2D eigenvalue weighted by atomic mass is 9.94. The van der Waals surface area contributed by atoms with Gasteiger partial charge in [0.25, 0.3) is 0 Å². The second-order valence-corrected chi connectivity index (χ2v) is 10.5. The van der Waals surface area contributed by atoms with Gasteiger partial charge in [0.2, 0.25) is 34.8 Å². The van der Waals surface area contributed by atoms with E-state index >= 15 is 0 Å². The van der Waals surface area contributed by atoms with E-state index in [0.29, 0.717) is 45.1 Å². The second kappa shape index (κ2) is 25.3. The van der Waals surface area contributed by atoms with E-state index in [4.69, 9.17) is 49.8 Å². The summed E-state index contributed by atoms with van der Waals surface area (Å²) in [7, 11) is 0. The molecule has 1 aromatic carbocycles. The number of carboxylic acid groups (broad SMARTS) is 2. The average Bonchev–Trinajstić information content (AvgIpc) is 3.08. The van der Waals surface area contributed by atoms with E-state index in [1.54, 1.807) is 6.20 Å². The molecule has 1 aliphatic rings. The van der Waals surface area contributed by atoms with Gasteiger partial charge >= 0.3 is 17.9 Å². The van der Waals surface area contributed by atoms with Crippen molar-refractivity contribution >= 4 is 17.9 Å². The molecule has 1 fully saturated rings. The number of benzene rings is 1. The van der Waals surface area contributed by atoms with Gasteiger partial charge in [0.1, 0.15) is 6.10 Å². The third kappa shape index (κ3) is 17.9. The molecule has 3 unspecified atom stereocenters. The number of ether oxygens (including phenoxy) is 6. The fraction of sp³-hybridized carbons (Fsp3) is 0.633. The number of rotatable bonds is 23. The van der Waals surface area contributed by atoms with Gasteiger partial charge in [-0.15, -0.1) is 0 Å². The van der Waals surface area contributed by atoms with Gasteiger partial charge in [-0.2, -0.15) is 8.78 Å². The van der Waals surface area contributed by atoms with Crippen LogP contribution in [0.1, 0.15) is 25.7 Å². The largest absolute Gasteiger partial charge is 0.481 e. The summed E-state index contributed by atoms with van der Waals surface area (Å²) in [6.45, 7) is 2.29. The van der Waals surface area contributed by atoms with Gasteiger partial charge in [0, 0.05) is 37.9 Å². The summed E-state index contributed by atoms with van der Waals surface area (Å²) >= 11 is 0. The number of carboxylic acids is 2. The zero-order chi connectivity index (χ0) is 38.3. The number of nitrogens with one attached hydrogen (secondary N) is 1. The molecule has 0 aromatic heterocycles. The Bertz CT molecular complexity index is 1220. The molecule has 3 atom stereocenters. The van der Waals surface area contributed by atoms with E-state index in [1.165, 1.54) is 0 Å². The predicted molar refractivity (Wildman–Crippen MR) is 161 cm³/mol. The van der Waals surface area contributed by atoms with Crippen molar-refractivity contribution in [3.8, 4) is 5.75 Å². The number of halogens is 5. The van der Waals surface area contributed by atoms with Crippen molar-refractivity contribution in [2.24, 2.45) is 11.7 Å². The Morgan fingerprint density at radius 2 is 1.27 bits per heavy atom. The molecule has 292 valence electrons. The first-order chi connectivity index (χ1) is 24.2. The van der Waals surface area contributed by atoms with Gasteiger partial charge in [-0.1, -0.05) is 0 Å². The van der Waals surface area contributed by atoms with Gasteiger partial charge in [-0.25, -0.2) is 13.2 Å². The second-order valence-electron chi connectivity index (χ2n) is 10.5. The highest BCUT2D eigenvalue weighted by Crippen LogP contribution is 2.29. The highest BCUT2D eigenvalue weighted by molar-refractivity contribution is 5.92. The van der Waals surface area contributed by atoms with Crippen LogP contribution < -0.4 is 15.8 Å². The zero-order valence-corrected chi connectivity index (χ0v) is 27.4. The van der Waals surface area contributed by atoms with Crippen LogP contribution in [0, 0.1) is 35.0 Å². The molecule has 1 aromatic rings. The molecule has 1 saturated heterocycles. The molecule has 16 nitrogen and oxygen atoms in total. The van der Waals surface area contributed by atoms with E-state index in [2.05, 4.69) is 10.1 Å². The Kier molecular flexibility index (Phi) is 22.5. The van der Waals surface area contributed by atoms with Crippen molar-refractivity contribution in [1.82, 2.24) is 5.32 Å². The first-order valence-corrected chi connectivity index (χ1v) is 15.5. The fourth-order valence-electron chi connectivity index (χ4n) is 3.87. The molecule has 8 N–H and O–H groups in total. The number of carbonyl (C=O) groups excluding carboxylic acids is 1. The van der Waals surface area contributed by atoms with Crippen LogP contribution in [-0.2, 0) is 38.1 Å². The van der Waals surface area contributed by atoms with Crippen LogP contribution in [0.2, 0.25) is 0 Å². The van der Waals surface area contributed by atoms with E-state index in [0.717, 1.165) is 0 Å². The van der Waals surface area contributed by atoms with Crippen LogP contribution in [-0.4, -0.2) is 134 Å². The lowest BCUT2D eigenvalue weighted by Gasteiger charge is -2.31. The van der Waals surface area contributed by atoms with Crippen molar-refractivity contribution in [3.05, 3.63) is 41.0 Å². The van der Waals surface area contributed by atoms with Crippen molar-refractivity contribution < 1.29 is 90.3 Å². The van der Waals surface area contributed by atoms with Crippen LogP contribution in [0.5, 0.6) is 5.75 Å². The van der Waals surface area contributed by atoms with Crippen LogP contribution in [0.15, 0.2) is 11.9 Å². The van der Waals surface area contributed by atoms with Crippen LogP contribution in [0.3, 0.4) is 0 Å². The summed E-state index contributed by atoms with van der Waals surface area (Å²) in [6, 6.07) is 0. The minimum Gasteiger partial charge on any atom is -0.481 e. The Labute approximate surface area is 288 Å². The summed E-state index contributed by atoms with van der Waals surface area (Å²) in [4.78, 5) is 32.8. The molecule has 0 spiro atoms. The van der Waals surface area contributed by atoms with Crippen LogP contribution in [0.4, 0.5) is 22.0 Å². The summed E-state index contributed by atoms with van der Waals surface area (Å²) in [5, 5.41) is 47.4. The third-order valence-electron chi connectivity index (χ3n) is 6.58. The quantitative estimate of drug-likeness (QED) is 0.0150. The highest BCUT2D eigenvalue weighted by Gasteiger charge is 2.35. The minimum atomic E-state index is -2.35. The molecule has 0 saturated carbocycles. The number of carbonyl (C=O) groups is 3. The van der Waals surface area contributed by atoms with Gasteiger partial charge in [-0.3, -0.25) is 14.4 Å². The molecule has 0 bridgehead atoms. The maximum absolute atomic E-state index is 13.5. The maximum Gasteiger partial charge on any atom is 0.317 e. The third-order valence-corrected chi connectivity index (χ3v) is 6.58. The average molecular weight is 751 g/mol. The predicted octanol–water partition coefficient (Wildman–Crippen LogP) is 0.189. The maximum atomic E-state index is 13.5. The van der Waals surface area contributed by atoms with E-state index < -0.39 is 83.4 Å². The van der Waals surface area contributed by atoms with Crippen molar-refractivity contribution in [2.75, 3.05) is 72.6 Å². The molecule has 51 heavy (non-hydrogen) atoms. The van der Waals surface area contributed by atoms with E-state index in [-0.39, 0.29) is 52.5 Å². The normalized spacial score (nSPS) is 17.5. The lowest BCUT2D eigenvalue weighted by Crippen LogP contribution is -2.43.